The molecule has 346 valence electrons. The molecule has 1 saturated heterocycles. The molecule has 0 aromatic heterocycles. The number of rotatable bonds is 20. The van der Waals surface area contributed by atoms with Crippen LogP contribution in [0.15, 0.2) is 24.3 Å². The SMILES string of the molecule is CCCC(NC(=O)[C@@H]1C[C@@H](OC(=O)N2CCc3ccccc3C2)CN1C(=O)[C@@H](NC(=O)[C@@H](NC(=O)CCCCC(=O)NC)C(C)C)C(C)C)C(O)C(=O)NCC(=O)OC(C)(C)C. The second-order valence-corrected chi connectivity index (χ2v) is 17.7. The molecule has 0 bridgehead atoms. The third-order valence-corrected chi connectivity index (χ3v) is 10.7. The van der Waals surface area contributed by atoms with E-state index < -0.39 is 90.1 Å². The molecule has 0 saturated carbocycles. The Morgan fingerprint density at radius 1 is 0.855 bits per heavy atom. The van der Waals surface area contributed by atoms with Crippen molar-refractivity contribution >= 4 is 47.5 Å². The van der Waals surface area contributed by atoms with Gasteiger partial charge in [0.1, 0.15) is 36.4 Å². The molecule has 2 heterocycles. The third-order valence-electron chi connectivity index (χ3n) is 10.7. The van der Waals surface area contributed by atoms with Gasteiger partial charge in [-0.1, -0.05) is 65.3 Å². The van der Waals surface area contributed by atoms with Crippen LogP contribution in [0.1, 0.15) is 111 Å². The summed E-state index contributed by atoms with van der Waals surface area (Å²) >= 11 is 0. The number of hydrogen-bond acceptors (Lipinski definition) is 11. The molecule has 3 rings (SSSR count). The van der Waals surface area contributed by atoms with Gasteiger partial charge in [-0.15, -0.1) is 0 Å². The van der Waals surface area contributed by atoms with Crippen molar-refractivity contribution < 1.29 is 52.9 Å². The van der Waals surface area contributed by atoms with Gasteiger partial charge in [0.15, 0.2) is 6.10 Å². The normalized spacial score (nSPS) is 18.1. The third kappa shape index (κ3) is 15.6. The van der Waals surface area contributed by atoms with Crippen LogP contribution in [0.4, 0.5) is 4.79 Å². The monoisotopic (exact) mass is 872 g/mol. The Labute approximate surface area is 365 Å². The summed E-state index contributed by atoms with van der Waals surface area (Å²) in [7, 11) is 1.54. The number of nitrogens with one attached hydrogen (secondary N) is 5. The fourth-order valence-electron chi connectivity index (χ4n) is 7.38. The zero-order valence-electron chi connectivity index (χ0n) is 37.8. The number of carbonyl (C=O) groups is 8. The Balaban J connectivity index is 1.83. The average molecular weight is 872 g/mol. The highest BCUT2D eigenvalue weighted by atomic mass is 16.6. The molecular weight excluding hydrogens is 803 g/mol. The summed E-state index contributed by atoms with van der Waals surface area (Å²) in [6.07, 6.45) is -0.927. The highest BCUT2D eigenvalue weighted by molar-refractivity contribution is 5.95. The maximum absolute atomic E-state index is 14.6. The number of aliphatic hydroxyl groups excluding tert-OH is 1. The molecule has 0 aliphatic carbocycles. The molecule has 18 heteroatoms. The van der Waals surface area contributed by atoms with Crippen molar-refractivity contribution in [1.29, 1.82) is 0 Å². The number of amides is 7. The van der Waals surface area contributed by atoms with E-state index in [1.807, 2.05) is 24.3 Å². The number of fused-ring (bicyclic) bond motifs is 1. The lowest BCUT2D eigenvalue weighted by molar-refractivity contribution is -0.155. The lowest BCUT2D eigenvalue weighted by atomic mass is 9.98. The zero-order chi connectivity index (χ0) is 46.3. The molecule has 0 spiro atoms. The van der Waals surface area contributed by atoms with Crippen molar-refractivity contribution in [2.45, 2.75) is 155 Å². The maximum Gasteiger partial charge on any atom is 0.410 e. The van der Waals surface area contributed by atoms with Crippen LogP contribution in [0.5, 0.6) is 0 Å². The number of carbonyl (C=O) groups excluding carboxylic acids is 8. The largest absolute Gasteiger partial charge is 0.459 e. The van der Waals surface area contributed by atoms with Gasteiger partial charge in [-0.25, -0.2) is 4.79 Å². The summed E-state index contributed by atoms with van der Waals surface area (Å²) in [5.74, 6) is -4.99. The van der Waals surface area contributed by atoms with Crippen molar-refractivity contribution in [3.05, 3.63) is 35.4 Å². The Morgan fingerprint density at radius 3 is 2.08 bits per heavy atom. The molecule has 2 aliphatic rings. The number of esters is 1. The van der Waals surface area contributed by atoms with E-state index in [-0.39, 0.29) is 50.0 Å². The smallest absolute Gasteiger partial charge is 0.410 e. The van der Waals surface area contributed by atoms with Gasteiger partial charge in [-0.2, -0.15) is 0 Å². The Hall–Kier alpha value is -5.26. The zero-order valence-corrected chi connectivity index (χ0v) is 37.8. The quantitative estimate of drug-likeness (QED) is 0.0816. The van der Waals surface area contributed by atoms with Gasteiger partial charge in [-0.05, 0) is 69.4 Å². The fraction of sp³-hybridized carbons (Fsp3) is 0.682. The standard InChI is InChI=1S/C44H69N7O11/c1-10-15-31(38(55)41(58)46-23-35(54)62-44(6,7)8)47-39(56)32-22-30(61-43(60)50-21-20-28-16-11-12-17-29(28)24-50)25-51(32)42(59)37(27(4)5)49-40(57)36(26(2)3)48-34(53)19-14-13-18-33(52)45-9/h11-12,16-17,26-27,30-32,36-38,55H,10,13-15,18-25H2,1-9H3,(H,45,52)(H,46,58)(H,47,56)(H,48,53)(H,49,57)/t30-,31?,32+,36+,37+,38?/m1/s1. The first-order valence-corrected chi connectivity index (χ1v) is 21.8. The first kappa shape index (κ1) is 51.1. The molecular formula is C44H69N7O11. The molecule has 7 amide bonds. The van der Waals surface area contributed by atoms with Crippen molar-refractivity contribution in [1.82, 2.24) is 36.4 Å². The van der Waals surface area contributed by atoms with Gasteiger partial charge in [0.2, 0.25) is 29.5 Å². The number of unbranched alkanes of at least 4 members (excludes halogenated alkanes) is 1. The molecule has 1 aromatic rings. The van der Waals surface area contributed by atoms with Crippen molar-refractivity contribution in [3.63, 3.8) is 0 Å². The van der Waals surface area contributed by atoms with Crippen LogP contribution in [0.2, 0.25) is 0 Å². The van der Waals surface area contributed by atoms with E-state index >= 15 is 0 Å². The minimum atomic E-state index is -1.77. The van der Waals surface area contributed by atoms with Gasteiger partial charge < -0.3 is 51.0 Å². The fourth-order valence-corrected chi connectivity index (χ4v) is 7.38. The van der Waals surface area contributed by atoms with E-state index in [4.69, 9.17) is 9.47 Å². The van der Waals surface area contributed by atoms with Crippen LogP contribution in [0.3, 0.4) is 0 Å². The summed E-state index contributed by atoms with van der Waals surface area (Å²) in [6.45, 7) is 13.8. The van der Waals surface area contributed by atoms with Gasteiger partial charge >= 0.3 is 12.1 Å². The van der Waals surface area contributed by atoms with Crippen molar-refractivity contribution in [2.24, 2.45) is 11.8 Å². The van der Waals surface area contributed by atoms with E-state index in [1.54, 1.807) is 60.3 Å². The van der Waals surface area contributed by atoms with Gasteiger partial charge in [-0.3, -0.25) is 33.6 Å². The topological polar surface area (TPSA) is 242 Å². The number of likely N-dealkylation sites (tertiary alicyclic amines) is 1. The Morgan fingerprint density at radius 2 is 1.48 bits per heavy atom. The van der Waals surface area contributed by atoms with E-state index in [0.29, 0.717) is 38.8 Å². The Kier molecular flexibility index (Phi) is 19.6. The average Bonchev–Trinajstić information content (AvgIpc) is 3.64. The van der Waals surface area contributed by atoms with Gasteiger partial charge in [0, 0.05) is 39.4 Å². The molecule has 18 nitrogen and oxygen atoms in total. The molecule has 2 aliphatic heterocycles. The van der Waals surface area contributed by atoms with Crippen LogP contribution < -0.4 is 26.6 Å². The minimum absolute atomic E-state index is 0.0910. The maximum atomic E-state index is 14.6. The lowest BCUT2D eigenvalue weighted by Crippen LogP contribution is -2.60. The van der Waals surface area contributed by atoms with Crippen LogP contribution in [-0.2, 0) is 56.0 Å². The second kappa shape index (κ2) is 23.8. The van der Waals surface area contributed by atoms with E-state index in [1.165, 1.54) is 11.9 Å². The molecule has 6 atom stereocenters. The van der Waals surface area contributed by atoms with Gasteiger partial charge in [0.25, 0.3) is 5.91 Å². The highest BCUT2D eigenvalue weighted by Gasteiger charge is 2.46. The summed E-state index contributed by atoms with van der Waals surface area (Å²) in [5, 5.41) is 24.3. The van der Waals surface area contributed by atoms with E-state index in [0.717, 1.165) is 11.1 Å². The molecule has 1 aromatic carbocycles. The van der Waals surface area contributed by atoms with Crippen LogP contribution in [0, 0.1) is 11.8 Å². The second-order valence-electron chi connectivity index (χ2n) is 17.7. The first-order valence-electron chi connectivity index (χ1n) is 21.8. The molecule has 1 fully saturated rings. The Bertz CT molecular complexity index is 1750. The van der Waals surface area contributed by atoms with Crippen molar-refractivity contribution in [2.75, 3.05) is 26.7 Å². The molecule has 6 N–H and O–H groups in total. The number of ether oxygens (including phenoxy) is 2. The first-order chi connectivity index (χ1) is 29.1. The summed E-state index contributed by atoms with van der Waals surface area (Å²) < 4.78 is 11.2. The molecule has 62 heavy (non-hydrogen) atoms. The number of hydrogen-bond donors (Lipinski definition) is 6. The summed E-state index contributed by atoms with van der Waals surface area (Å²) in [4.78, 5) is 109. The van der Waals surface area contributed by atoms with E-state index in [9.17, 15) is 43.5 Å². The predicted octanol–water partition coefficient (Wildman–Crippen LogP) is 1.84. The molecule has 0 radical (unpaired) electrons. The van der Waals surface area contributed by atoms with Gasteiger partial charge in [0.05, 0.1) is 12.6 Å². The predicted molar refractivity (Wildman–Crippen MR) is 229 cm³/mol. The van der Waals surface area contributed by atoms with Crippen LogP contribution in [0.25, 0.3) is 0 Å². The number of nitrogens with zero attached hydrogens (tertiary/aromatic N) is 2. The number of aliphatic hydroxyl groups is 1. The van der Waals surface area contributed by atoms with Crippen LogP contribution in [-0.4, -0.2) is 131 Å². The van der Waals surface area contributed by atoms with Crippen molar-refractivity contribution in [3.8, 4) is 0 Å². The van der Waals surface area contributed by atoms with Crippen LogP contribution >= 0.6 is 0 Å². The summed E-state index contributed by atoms with van der Waals surface area (Å²) in [6, 6.07) is 3.23. The molecule has 2 unspecified atom stereocenters. The summed E-state index contributed by atoms with van der Waals surface area (Å²) in [5.41, 5.74) is 1.32. The van der Waals surface area contributed by atoms with E-state index in [2.05, 4.69) is 26.6 Å². The number of benzene rings is 1. The highest BCUT2D eigenvalue weighted by Crippen LogP contribution is 2.26. The minimum Gasteiger partial charge on any atom is -0.459 e. The lowest BCUT2D eigenvalue weighted by Gasteiger charge is -2.33.